The maximum Gasteiger partial charge on any atom is 0.238 e. The Morgan fingerprint density at radius 3 is 2.77 bits per heavy atom. The summed E-state index contributed by atoms with van der Waals surface area (Å²) >= 11 is 7.82. The Morgan fingerprint density at radius 1 is 1.27 bits per heavy atom. The molecule has 1 amide bonds. The van der Waals surface area contributed by atoms with Crippen molar-refractivity contribution in [3.63, 3.8) is 0 Å². The third kappa shape index (κ3) is 4.41. The summed E-state index contributed by atoms with van der Waals surface area (Å²) in [5.74, 6) is 0.815. The molecule has 1 unspecified atom stereocenters. The Hall–Kier alpha value is -1.52. The highest BCUT2D eigenvalue weighted by molar-refractivity contribution is 8.00. The van der Waals surface area contributed by atoms with Gasteiger partial charge in [-0.25, -0.2) is 4.39 Å². The Balaban J connectivity index is 1.62. The summed E-state index contributed by atoms with van der Waals surface area (Å²) in [5, 5.41) is 0.732. The van der Waals surface area contributed by atoms with Gasteiger partial charge < -0.3 is 4.90 Å². The number of carbonyl (C=O) groups excluding carboxylic acids is 1. The van der Waals surface area contributed by atoms with Crippen molar-refractivity contribution in [1.82, 2.24) is 4.90 Å². The van der Waals surface area contributed by atoms with Crippen LogP contribution in [0.15, 0.2) is 48.5 Å². The number of hydrogen-bond acceptors (Lipinski definition) is 2. The van der Waals surface area contributed by atoms with Crippen molar-refractivity contribution >= 4 is 29.3 Å². The molecule has 0 spiro atoms. The molecule has 26 heavy (non-hydrogen) atoms. The van der Waals surface area contributed by atoms with Gasteiger partial charge in [-0.15, -0.1) is 11.8 Å². The molecule has 2 aromatic rings. The lowest BCUT2D eigenvalue weighted by molar-refractivity contribution is -0.131. The third-order valence-corrected chi connectivity index (χ3v) is 6.58. The first kappa shape index (κ1) is 19.2. The van der Waals surface area contributed by atoms with Gasteiger partial charge in [0.2, 0.25) is 5.91 Å². The lowest BCUT2D eigenvalue weighted by Gasteiger charge is -2.29. The van der Waals surface area contributed by atoms with Gasteiger partial charge in [0, 0.05) is 29.8 Å². The minimum absolute atomic E-state index is 0.133. The zero-order chi connectivity index (χ0) is 18.7. The van der Waals surface area contributed by atoms with Crippen molar-refractivity contribution in [3.8, 4) is 0 Å². The zero-order valence-electron chi connectivity index (χ0n) is 15.0. The highest BCUT2D eigenvalue weighted by Crippen LogP contribution is 2.35. The molecule has 5 heteroatoms. The molecular weight excluding hydrogens is 369 g/mol. The summed E-state index contributed by atoms with van der Waals surface area (Å²) in [6, 6.07) is 14.4. The maximum atomic E-state index is 13.5. The van der Waals surface area contributed by atoms with Crippen LogP contribution in [0, 0.1) is 5.82 Å². The molecule has 1 aliphatic heterocycles. The number of amides is 1. The molecule has 1 saturated heterocycles. The van der Waals surface area contributed by atoms with Crippen LogP contribution < -0.4 is 0 Å². The summed E-state index contributed by atoms with van der Waals surface area (Å²) in [5.41, 5.74) is 2.01. The van der Waals surface area contributed by atoms with Crippen molar-refractivity contribution in [2.75, 3.05) is 13.1 Å². The number of hydrogen-bond donors (Lipinski definition) is 0. The number of benzene rings is 2. The minimum atomic E-state index is -0.532. The topological polar surface area (TPSA) is 20.3 Å². The molecule has 1 heterocycles. The Bertz CT molecular complexity index is 795. The molecule has 0 aliphatic carbocycles. The molecule has 0 aromatic heterocycles. The lowest BCUT2D eigenvalue weighted by Crippen LogP contribution is -2.42. The smallest absolute Gasteiger partial charge is 0.238 e. The van der Waals surface area contributed by atoms with Gasteiger partial charge >= 0.3 is 0 Å². The summed E-state index contributed by atoms with van der Waals surface area (Å²) in [4.78, 5) is 14.9. The van der Waals surface area contributed by atoms with Crippen LogP contribution in [0.2, 0.25) is 5.02 Å². The summed E-state index contributed by atoms with van der Waals surface area (Å²) < 4.78 is 12.9. The number of likely N-dealkylation sites (tertiary alicyclic amines) is 1. The van der Waals surface area contributed by atoms with E-state index < -0.39 is 4.75 Å². The summed E-state index contributed by atoms with van der Waals surface area (Å²) in [7, 11) is 0. The molecule has 3 rings (SSSR count). The molecule has 2 nitrogen and oxygen atoms in total. The third-order valence-electron chi connectivity index (χ3n) is 4.86. The molecule has 0 N–H and O–H groups in total. The Kier molecular flexibility index (Phi) is 5.93. The molecule has 1 aliphatic rings. The fourth-order valence-electron chi connectivity index (χ4n) is 3.29. The van der Waals surface area contributed by atoms with Gasteiger partial charge in [0.1, 0.15) is 5.82 Å². The van der Waals surface area contributed by atoms with Crippen molar-refractivity contribution < 1.29 is 9.18 Å². The van der Waals surface area contributed by atoms with Crippen LogP contribution in [0.3, 0.4) is 0 Å². The second-order valence-electron chi connectivity index (χ2n) is 7.18. The first-order valence-corrected chi connectivity index (χ1v) is 10.2. The van der Waals surface area contributed by atoms with Crippen LogP contribution >= 0.6 is 23.4 Å². The van der Waals surface area contributed by atoms with Crippen LogP contribution in [0.4, 0.5) is 4.39 Å². The first-order valence-electron chi connectivity index (χ1n) is 8.79. The van der Waals surface area contributed by atoms with Crippen molar-refractivity contribution in [1.29, 1.82) is 0 Å². The fraction of sp³-hybridized carbons (Fsp3) is 0.381. The van der Waals surface area contributed by atoms with Gasteiger partial charge in [-0.05, 0) is 49.6 Å². The highest BCUT2D eigenvalue weighted by atomic mass is 35.5. The molecular formula is C21H23ClFNOS. The number of nitrogens with zero attached hydrogens (tertiary/aromatic N) is 1. The van der Waals surface area contributed by atoms with E-state index in [1.165, 1.54) is 6.07 Å². The standard InChI is InChI=1S/C21H23ClFNOS/c1-21(2,26-14-17-6-3-4-9-19(17)22)20(25)24-11-10-16(13-24)15-7-5-8-18(23)12-15/h3-9,12,16H,10-11,13-14H2,1-2H3. The Morgan fingerprint density at radius 2 is 2.04 bits per heavy atom. The Labute approximate surface area is 163 Å². The number of thioether (sulfide) groups is 1. The van der Waals surface area contributed by atoms with Crippen LogP contribution in [-0.2, 0) is 10.5 Å². The van der Waals surface area contributed by atoms with Gasteiger partial charge in [0.05, 0.1) is 4.75 Å². The normalized spacial score (nSPS) is 17.5. The average molecular weight is 392 g/mol. The second kappa shape index (κ2) is 8.01. The predicted octanol–water partition coefficient (Wildman–Crippen LogP) is 5.51. The SMILES string of the molecule is CC(C)(SCc1ccccc1Cl)C(=O)N1CCC(c2cccc(F)c2)C1. The summed E-state index contributed by atoms with van der Waals surface area (Å²) in [6.07, 6.45) is 0.875. The molecule has 0 saturated carbocycles. The van der Waals surface area contributed by atoms with Crippen molar-refractivity contribution in [2.45, 2.75) is 36.7 Å². The summed E-state index contributed by atoms with van der Waals surface area (Å²) in [6.45, 7) is 5.30. The predicted molar refractivity (Wildman–Crippen MR) is 107 cm³/mol. The lowest BCUT2D eigenvalue weighted by atomic mass is 9.98. The van der Waals surface area contributed by atoms with Crippen molar-refractivity contribution in [2.24, 2.45) is 0 Å². The number of halogens is 2. The van der Waals surface area contributed by atoms with Gasteiger partial charge in [-0.3, -0.25) is 4.79 Å². The van der Waals surface area contributed by atoms with Crippen LogP contribution in [0.1, 0.15) is 37.3 Å². The van der Waals surface area contributed by atoms with Crippen LogP contribution in [-0.4, -0.2) is 28.6 Å². The van der Waals surface area contributed by atoms with E-state index >= 15 is 0 Å². The fourth-order valence-corrected chi connectivity index (χ4v) is 4.60. The van der Waals surface area contributed by atoms with Gasteiger partial charge in [0.15, 0.2) is 0 Å². The molecule has 2 aromatic carbocycles. The van der Waals surface area contributed by atoms with E-state index in [9.17, 15) is 9.18 Å². The van der Waals surface area contributed by atoms with E-state index in [-0.39, 0.29) is 17.6 Å². The number of rotatable bonds is 5. The van der Waals surface area contributed by atoms with E-state index in [0.29, 0.717) is 12.3 Å². The van der Waals surface area contributed by atoms with Crippen LogP contribution in [0.5, 0.6) is 0 Å². The highest BCUT2D eigenvalue weighted by Gasteiger charge is 2.36. The van der Waals surface area contributed by atoms with E-state index in [2.05, 4.69) is 0 Å². The molecule has 0 bridgehead atoms. The quantitative estimate of drug-likeness (QED) is 0.670. The van der Waals surface area contributed by atoms with Crippen molar-refractivity contribution in [3.05, 3.63) is 70.5 Å². The zero-order valence-corrected chi connectivity index (χ0v) is 16.6. The van der Waals surface area contributed by atoms with Gasteiger partial charge in [0.25, 0.3) is 0 Å². The average Bonchev–Trinajstić information content (AvgIpc) is 3.10. The molecule has 1 fully saturated rings. The molecule has 1 atom stereocenters. The maximum absolute atomic E-state index is 13.5. The first-order chi connectivity index (χ1) is 12.4. The monoisotopic (exact) mass is 391 g/mol. The number of carbonyl (C=O) groups is 1. The van der Waals surface area contributed by atoms with E-state index in [0.717, 1.165) is 29.1 Å². The van der Waals surface area contributed by atoms with E-state index in [1.807, 2.05) is 49.1 Å². The van der Waals surface area contributed by atoms with Gasteiger partial charge in [-0.2, -0.15) is 0 Å². The van der Waals surface area contributed by atoms with E-state index in [1.54, 1.807) is 23.9 Å². The van der Waals surface area contributed by atoms with E-state index in [4.69, 9.17) is 11.6 Å². The largest absolute Gasteiger partial charge is 0.341 e. The molecule has 0 radical (unpaired) electrons. The van der Waals surface area contributed by atoms with Crippen LogP contribution in [0.25, 0.3) is 0 Å². The minimum Gasteiger partial charge on any atom is -0.341 e. The second-order valence-corrected chi connectivity index (χ2v) is 9.19. The molecule has 138 valence electrons. The van der Waals surface area contributed by atoms with Gasteiger partial charge in [-0.1, -0.05) is 41.9 Å².